The van der Waals surface area contributed by atoms with E-state index in [4.69, 9.17) is 0 Å². The zero-order valence-corrected chi connectivity index (χ0v) is 15.8. The second-order valence-electron chi connectivity index (χ2n) is 7.65. The minimum atomic E-state index is -1.16. The summed E-state index contributed by atoms with van der Waals surface area (Å²) in [5.41, 5.74) is 2.06. The third-order valence-electron chi connectivity index (χ3n) is 5.62. The van der Waals surface area contributed by atoms with Crippen molar-refractivity contribution in [2.24, 2.45) is 0 Å². The Hall–Kier alpha value is -2.73. The summed E-state index contributed by atoms with van der Waals surface area (Å²) in [6.07, 6.45) is 1.06. The minimum Gasteiger partial charge on any atom is -0.380 e. The molecule has 1 N–H and O–H groups in total. The molecule has 2 fully saturated rings. The van der Waals surface area contributed by atoms with Gasteiger partial charge in [0.25, 0.3) is 11.8 Å². The van der Waals surface area contributed by atoms with Crippen molar-refractivity contribution in [3.05, 3.63) is 59.4 Å². The highest BCUT2D eigenvalue weighted by Crippen LogP contribution is 2.37. The minimum absolute atomic E-state index is 0.0836. The van der Waals surface area contributed by atoms with Crippen LogP contribution >= 0.6 is 0 Å². The number of piperazine rings is 1. The maximum Gasteiger partial charge on any atom is 0.254 e. The van der Waals surface area contributed by atoms with Gasteiger partial charge >= 0.3 is 0 Å². The van der Waals surface area contributed by atoms with Crippen LogP contribution in [0.25, 0.3) is 11.1 Å². The smallest absolute Gasteiger partial charge is 0.254 e. The maximum absolute atomic E-state index is 13.5. The van der Waals surface area contributed by atoms with Crippen LogP contribution in [0.2, 0.25) is 0 Å². The third-order valence-corrected chi connectivity index (χ3v) is 5.62. The number of hydrogen-bond acceptors (Lipinski definition) is 3. The number of aliphatic hydroxyl groups is 1. The van der Waals surface area contributed by atoms with Gasteiger partial charge in [-0.2, -0.15) is 0 Å². The fourth-order valence-corrected chi connectivity index (χ4v) is 3.62. The molecule has 2 amide bonds. The largest absolute Gasteiger partial charge is 0.380 e. The van der Waals surface area contributed by atoms with Gasteiger partial charge in [0.05, 0.1) is 0 Å². The molecule has 0 aromatic heterocycles. The number of rotatable bonds is 3. The van der Waals surface area contributed by atoms with Crippen LogP contribution in [0.4, 0.5) is 4.39 Å². The van der Waals surface area contributed by atoms with Gasteiger partial charge in [-0.3, -0.25) is 9.59 Å². The fraction of sp³-hybridized carbons (Fsp3) is 0.364. The molecule has 0 radical (unpaired) electrons. The average molecular weight is 382 g/mol. The van der Waals surface area contributed by atoms with Crippen LogP contribution in [0, 0.1) is 12.7 Å². The van der Waals surface area contributed by atoms with Crippen molar-refractivity contribution in [2.45, 2.75) is 25.4 Å². The lowest BCUT2D eigenvalue weighted by molar-refractivity contribution is -0.143. The molecule has 2 aliphatic rings. The molecule has 1 saturated carbocycles. The summed E-state index contributed by atoms with van der Waals surface area (Å²) in [6.45, 7) is 3.70. The van der Waals surface area contributed by atoms with E-state index in [9.17, 15) is 19.1 Å². The Morgan fingerprint density at radius 3 is 2.18 bits per heavy atom. The van der Waals surface area contributed by atoms with Crippen molar-refractivity contribution in [1.29, 1.82) is 0 Å². The summed E-state index contributed by atoms with van der Waals surface area (Å²) >= 11 is 0. The number of amides is 2. The molecule has 4 rings (SSSR count). The van der Waals surface area contributed by atoms with Crippen molar-refractivity contribution < 1.29 is 19.1 Å². The van der Waals surface area contributed by atoms with Gasteiger partial charge in [-0.05, 0) is 60.7 Å². The lowest BCUT2D eigenvalue weighted by atomic mass is 9.99. The number of aryl methyl sites for hydroxylation is 1. The SMILES string of the molecule is Cc1ccc(F)cc1-c1ccc(C(=O)N2CCN(C(=O)C3(O)CC3)CC2)cc1. The Morgan fingerprint density at radius 2 is 1.57 bits per heavy atom. The monoisotopic (exact) mass is 382 g/mol. The number of halogens is 1. The van der Waals surface area contributed by atoms with E-state index in [1.165, 1.54) is 12.1 Å². The molecule has 28 heavy (non-hydrogen) atoms. The second kappa shape index (κ2) is 7.02. The number of nitrogens with zero attached hydrogens (tertiary/aromatic N) is 2. The lowest BCUT2D eigenvalue weighted by Gasteiger charge is -2.35. The summed E-state index contributed by atoms with van der Waals surface area (Å²) in [5.74, 6) is -0.585. The first-order chi connectivity index (χ1) is 13.4. The van der Waals surface area contributed by atoms with Gasteiger partial charge in [0.15, 0.2) is 0 Å². The summed E-state index contributed by atoms with van der Waals surface area (Å²) < 4.78 is 13.5. The van der Waals surface area contributed by atoms with E-state index in [0.29, 0.717) is 44.6 Å². The summed E-state index contributed by atoms with van der Waals surface area (Å²) in [6, 6.07) is 11.8. The lowest BCUT2D eigenvalue weighted by Crippen LogP contribution is -2.53. The average Bonchev–Trinajstić information content (AvgIpc) is 3.47. The zero-order valence-electron chi connectivity index (χ0n) is 15.8. The van der Waals surface area contributed by atoms with E-state index >= 15 is 0 Å². The Labute approximate surface area is 163 Å². The molecule has 1 heterocycles. The van der Waals surface area contributed by atoms with Crippen LogP contribution in [0.5, 0.6) is 0 Å². The first kappa shape index (κ1) is 18.6. The molecular weight excluding hydrogens is 359 g/mol. The van der Waals surface area contributed by atoms with Crippen LogP contribution in [0.3, 0.4) is 0 Å². The van der Waals surface area contributed by atoms with E-state index in [2.05, 4.69) is 0 Å². The number of carbonyl (C=O) groups excluding carboxylic acids is 2. The van der Waals surface area contributed by atoms with Crippen LogP contribution in [0.1, 0.15) is 28.8 Å². The molecule has 1 aliphatic heterocycles. The summed E-state index contributed by atoms with van der Waals surface area (Å²) in [5, 5.41) is 9.96. The van der Waals surface area contributed by atoms with Gasteiger partial charge in [0, 0.05) is 31.7 Å². The molecule has 5 nitrogen and oxygen atoms in total. The highest BCUT2D eigenvalue weighted by Gasteiger charge is 2.50. The van der Waals surface area contributed by atoms with E-state index in [-0.39, 0.29) is 17.6 Å². The second-order valence-corrected chi connectivity index (χ2v) is 7.65. The van der Waals surface area contributed by atoms with Crippen molar-refractivity contribution in [1.82, 2.24) is 9.80 Å². The molecule has 0 atom stereocenters. The molecule has 0 bridgehead atoms. The number of benzene rings is 2. The molecule has 1 saturated heterocycles. The van der Waals surface area contributed by atoms with Gasteiger partial charge in [0.1, 0.15) is 11.4 Å². The van der Waals surface area contributed by atoms with Gasteiger partial charge in [0.2, 0.25) is 0 Å². The van der Waals surface area contributed by atoms with Crippen molar-refractivity contribution in [3.63, 3.8) is 0 Å². The van der Waals surface area contributed by atoms with Crippen LogP contribution < -0.4 is 0 Å². The Balaban J connectivity index is 1.42. The first-order valence-electron chi connectivity index (χ1n) is 9.55. The molecule has 2 aromatic rings. The maximum atomic E-state index is 13.5. The predicted molar refractivity (Wildman–Crippen MR) is 103 cm³/mol. The Kier molecular flexibility index (Phi) is 4.67. The van der Waals surface area contributed by atoms with E-state index in [1.54, 1.807) is 28.0 Å². The van der Waals surface area contributed by atoms with Gasteiger partial charge in [-0.15, -0.1) is 0 Å². The van der Waals surface area contributed by atoms with Crippen LogP contribution in [-0.2, 0) is 4.79 Å². The third kappa shape index (κ3) is 3.52. The van der Waals surface area contributed by atoms with Gasteiger partial charge < -0.3 is 14.9 Å². The van der Waals surface area contributed by atoms with E-state index < -0.39 is 5.60 Å². The standard InChI is InChI=1S/C22H23FN2O3/c1-15-2-7-18(23)14-19(15)16-3-5-17(6-4-16)20(26)24-10-12-25(13-11-24)21(27)22(28)8-9-22/h2-7,14,28H,8-13H2,1H3. The highest BCUT2D eigenvalue weighted by atomic mass is 19.1. The van der Waals surface area contributed by atoms with Crippen LogP contribution in [-0.4, -0.2) is 58.5 Å². The molecule has 6 heteroatoms. The fourth-order valence-electron chi connectivity index (χ4n) is 3.62. The van der Waals surface area contributed by atoms with E-state index in [1.807, 2.05) is 19.1 Å². The Bertz CT molecular complexity index is 914. The molecule has 146 valence electrons. The number of hydrogen-bond donors (Lipinski definition) is 1. The van der Waals surface area contributed by atoms with Crippen molar-refractivity contribution in [3.8, 4) is 11.1 Å². The number of carbonyl (C=O) groups is 2. The van der Waals surface area contributed by atoms with Gasteiger partial charge in [-0.25, -0.2) is 4.39 Å². The summed E-state index contributed by atoms with van der Waals surface area (Å²) in [4.78, 5) is 28.3. The quantitative estimate of drug-likeness (QED) is 0.888. The van der Waals surface area contributed by atoms with Crippen molar-refractivity contribution >= 4 is 11.8 Å². The predicted octanol–water partition coefficient (Wildman–Crippen LogP) is 2.61. The first-order valence-corrected chi connectivity index (χ1v) is 9.55. The molecular formula is C22H23FN2O3. The molecule has 0 spiro atoms. The Morgan fingerprint density at radius 1 is 0.964 bits per heavy atom. The topological polar surface area (TPSA) is 60.9 Å². The molecule has 0 unspecified atom stereocenters. The highest BCUT2D eigenvalue weighted by molar-refractivity contribution is 5.95. The normalized spacial score (nSPS) is 18.1. The van der Waals surface area contributed by atoms with Crippen LogP contribution in [0.15, 0.2) is 42.5 Å². The molecule has 2 aromatic carbocycles. The van der Waals surface area contributed by atoms with E-state index in [0.717, 1.165) is 16.7 Å². The summed E-state index contributed by atoms with van der Waals surface area (Å²) in [7, 11) is 0. The van der Waals surface area contributed by atoms with Gasteiger partial charge in [-0.1, -0.05) is 18.2 Å². The van der Waals surface area contributed by atoms with Crippen molar-refractivity contribution in [2.75, 3.05) is 26.2 Å². The molecule has 1 aliphatic carbocycles. The zero-order chi connectivity index (χ0) is 19.9.